The molecule has 2 amide bonds. The SMILES string of the molecule is CCc1ccccc1CNC(=O)N(C)CC. The molecule has 1 rings (SSSR count). The van der Waals surface area contributed by atoms with E-state index >= 15 is 0 Å². The molecule has 0 atom stereocenters. The van der Waals surface area contributed by atoms with Gasteiger partial charge in [-0.2, -0.15) is 0 Å². The number of hydrogen-bond acceptors (Lipinski definition) is 1. The molecule has 88 valence electrons. The van der Waals surface area contributed by atoms with Crippen molar-refractivity contribution in [2.24, 2.45) is 0 Å². The van der Waals surface area contributed by atoms with Crippen molar-refractivity contribution in [3.63, 3.8) is 0 Å². The molecular weight excluding hydrogens is 200 g/mol. The molecule has 16 heavy (non-hydrogen) atoms. The van der Waals surface area contributed by atoms with Crippen molar-refractivity contribution in [3.8, 4) is 0 Å². The molecule has 0 aromatic heterocycles. The molecule has 1 aromatic carbocycles. The van der Waals surface area contributed by atoms with E-state index in [0.717, 1.165) is 13.0 Å². The second-order valence-corrected chi connectivity index (χ2v) is 3.80. The van der Waals surface area contributed by atoms with Crippen LogP contribution < -0.4 is 5.32 Å². The van der Waals surface area contributed by atoms with Gasteiger partial charge in [0.1, 0.15) is 0 Å². The maximum absolute atomic E-state index is 11.6. The van der Waals surface area contributed by atoms with Gasteiger partial charge in [-0.25, -0.2) is 4.79 Å². The zero-order valence-corrected chi connectivity index (χ0v) is 10.3. The molecule has 0 aliphatic rings. The molecule has 0 saturated carbocycles. The van der Waals surface area contributed by atoms with Crippen molar-refractivity contribution >= 4 is 6.03 Å². The highest BCUT2D eigenvalue weighted by atomic mass is 16.2. The van der Waals surface area contributed by atoms with Crippen LogP contribution in [-0.4, -0.2) is 24.5 Å². The third kappa shape index (κ3) is 3.26. The van der Waals surface area contributed by atoms with Gasteiger partial charge in [-0.3, -0.25) is 0 Å². The minimum absolute atomic E-state index is 0.0200. The smallest absolute Gasteiger partial charge is 0.317 e. The Morgan fingerprint density at radius 3 is 2.44 bits per heavy atom. The number of carbonyl (C=O) groups excluding carboxylic acids is 1. The van der Waals surface area contributed by atoms with Gasteiger partial charge in [0, 0.05) is 20.1 Å². The van der Waals surface area contributed by atoms with Gasteiger partial charge in [0.2, 0.25) is 0 Å². The number of carbonyl (C=O) groups is 1. The summed E-state index contributed by atoms with van der Waals surface area (Å²) < 4.78 is 0. The molecule has 0 aliphatic heterocycles. The lowest BCUT2D eigenvalue weighted by Crippen LogP contribution is -2.36. The predicted octanol–water partition coefficient (Wildman–Crippen LogP) is 2.41. The summed E-state index contributed by atoms with van der Waals surface area (Å²) in [5.41, 5.74) is 2.49. The Labute approximate surface area is 97.5 Å². The van der Waals surface area contributed by atoms with Gasteiger partial charge in [0.15, 0.2) is 0 Å². The lowest BCUT2D eigenvalue weighted by molar-refractivity contribution is 0.210. The molecule has 0 unspecified atom stereocenters. The summed E-state index contributed by atoms with van der Waals surface area (Å²) in [4.78, 5) is 13.2. The first-order valence-electron chi connectivity index (χ1n) is 5.74. The fraction of sp³-hybridized carbons (Fsp3) is 0.462. The summed E-state index contributed by atoms with van der Waals surface area (Å²) in [7, 11) is 1.79. The Balaban J connectivity index is 2.57. The number of urea groups is 1. The predicted molar refractivity (Wildman–Crippen MR) is 66.4 cm³/mol. The van der Waals surface area contributed by atoms with E-state index in [1.165, 1.54) is 11.1 Å². The Hall–Kier alpha value is -1.51. The molecule has 3 heteroatoms. The van der Waals surface area contributed by atoms with Gasteiger partial charge in [0.25, 0.3) is 0 Å². The monoisotopic (exact) mass is 220 g/mol. The summed E-state index contributed by atoms with van der Waals surface area (Å²) in [6.45, 7) is 5.41. The van der Waals surface area contributed by atoms with Crippen LogP contribution in [0.4, 0.5) is 4.79 Å². The Bertz CT molecular complexity index is 350. The lowest BCUT2D eigenvalue weighted by atomic mass is 10.1. The van der Waals surface area contributed by atoms with Gasteiger partial charge in [-0.1, -0.05) is 31.2 Å². The van der Waals surface area contributed by atoms with E-state index in [2.05, 4.69) is 24.4 Å². The van der Waals surface area contributed by atoms with E-state index in [9.17, 15) is 4.79 Å². The average molecular weight is 220 g/mol. The van der Waals surface area contributed by atoms with Crippen molar-refractivity contribution in [1.29, 1.82) is 0 Å². The molecule has 0 fully saturated rings. The van der Waals surface area contributed by atoms with E-state index in [0.29, 0.717) is 6.54 Å². The molecule has 1 aromatic rings. The van der Waals surface area contributed by atoms with Crippen LogP contribution in [0.3, 0.4) is 0 Å². The second kappa shape index (κ2) is 6.16. The fourth-order valence-electron chi connectivity index (χ4n) is 1.52. The van der Waals surface area contributed by atoms with Crippen molar-refractivity contribution < 1.29 is 4.79 Å². The Kier molecular flexibility index (Phi) is 4.83. The number of aryl methyl sites for hydroxylation is 1. The quantitative estimate of drug-likeness (QED) is 0.830. The molecule has 3 nitrogen and oxygen atoms in total. The maximum atomic E-state index is 11.6. The first kappa shape index (κ1) is 12.6. The van der Waals surface area contributed by atoms with Crippen molar-refractivity contribution in [2.75, 3.05) is 13.6 Å². The number of nitrogens with one attached hydrogen (secondary N) is 1. The van der Waals surface area contributed by atoms with Gasteiger partial charge in [-0.15, -0.1) is 0 Å². The van der Waals surface area contributed by atoms with Crippen molar-refractivity contribution in [2.45, 2.75) is 26.8 Å². The first-order valence-corrected chi connectivity index (χ1v) is 5.74. The second-order valence-electron chi connectivity index (χ2n) is 3.80. The molecule has 1 N–H and O–H groups in total. The Morgan fingerprint density at radius 1 is 1.25 bits per heavy atom. The van der Waals surface area contributed by atoms with E-state index < -0.39 is 0 Å². The van der Waals surface area contributed by atoms with Crippen LogP contribution in [0.15, 0.2) is 24.3 Å². The van der Waals surface area contributed by atoms with Gasteiger partial charge in [0.05, 0.1) is 0 Å². The zero-order chi connectivity index (χ0) is 12.0. The Morgan fingerprint density at radius 2 is 1.88 bits per heavy atom. The summed E-state index contributed by atoms with van der Waals surface area (Å²) >= 11 is 0. The number of amides is 2. The van der Waals surface area contributed by atoms with Crippen LogP contribution in [0, 0.1) is 0 Å². The third-order valence-electron chi connectivity index (χ3n) is 2.75. The lowest BCUT2D eigenvalue weighted by Gasteiger charge is -2.16. The average Bonchev–Trinajstić information content (AvgIpc) is 2.35. The number of benzene rings is 1. The van der Waals surface area contributed by atoms with Crippen LogP contribution in [0.1, 0.15) is 25.0 Å². The first-order chi connectivity index (χ1) is 7.69. The van der Waals surface area contributed by atoms with E-state index in [1.54, 1.807) is 11.9 Å². The minimum Gasteiger partial charge on any atom is -0.334 e. The number of rotatable bonds is 4. The highest BCUT2D eigenvalue weighted by Gasteiger charge is 2.06. The van der Waals surface area contributed by atoms with Crippen LogP contribution in [-0.2, 0) is 13.0 Å². The molecule has 0 bridgehead atoms. The largest absolute Gasteiger partial charge is 0.334 e. The standard InChI is InChI=1S/C13H20N2O/c1-4-11-8-6-7-9-12(11)10-14-13(16)15(3)5-2/h6-9H,4-5,10H2,1-3H3,(H,14,16). The summed E-state index contributed by atoms with van der Waals surface area (Å²) in [6, 6.07) is 8.18. The number of hydrogen-bond donors (Lipinski definition) is 1. The number of nitrogens with zero attached hydrogens (tertiary/aromatic N) is 1. The molecule has 0 heterocycles. The highest BCUT2D eigenvalue weighted by molar-refractivity contribution is 5.73. The summed E-state index contributed by atoms with van der Waals surface area (Å²) in [6.07, 6.45) is 0.996. The van der Waals surface area contributed by atoms with Crippen molar-refractivity contribution in [1.82, 2.24) is 10.2 Å². The van der Waals surface area contributed by atoms with Gasteiger partial charge in [-0.05, 0) is 24.5 Å². The normalized spacial score (nSPS) is 9.94. The van der Waals surface area contributed by atoms with Crippen LogP contribution >= 0.6 is 0 Å². The maximum Gasteiger partial charge on any atom is 0.317 e. The minimum atomic E-state index is -0.0200. The topological polar surface area (TPSA) is 32.3 Å². The van der Waals surface area contributed by atoms with Crippen LogP contribution in [0.2, 0.25) is 0 Å². The molecule has 0 spiro atoms. The summed E-state index contributed by atoms with van der Waals surface area (Å²) in [5, 5.41) is 2.91. The van der Waals surface area contributed by atoms with Crippen LogP contribution in [0.25, 0.3) is 0 Å². The molecular formula is C13H20N2O. The summed E-state index contributed by atoms with van der Waals surface area (Å²) in [5.74, 6) is 0. The highest BCUT2D eigenvalue weighted by Crippen LogP contribution is 2.08. The van der Waals surface area contributed by atoms with E-state index in [1.807, 2.05) is 19.1 Å². The van der Waals surface area contributed by atoms with Crippen molar-refractivity contribution in [3.05, 3.63) is 35.4 Å². The molecule has 0 saturated heterocycles. The van der Waals surface area contributed by atoms with E-state index in [4.69, 9.17) is 0 Å². The fourth-order valence-corrected chi connectivity index (χ4v) is 1.52. The van der Waals surface area contributed by atoms with Gasteiger partial charge < -0.3 is 10.2 Å². The molecule has 0 radical (unpaired) electrons. The third-order valence-corrected chi connectivity index (χ3v) is 2.75. The van der Waals surface area contributed by atoms with Crippen LogP contribution in [0.5, 0.6) is 0 Å². The van der Waals surface area contributed by atoms with E-state index in [-0.39, 0.29) is 6.03 Å². The zero-order valence-electron chi connectivity index (χ0n) is 10.3. The molecule has 0 aliphatic carbocycles. The van der Waals surface area contributed by atoms with Gasteiger partial charge >= 0.3 is 6.03 Å².